The van der Waals surface area contributed by atoms with Crippen molar-refractivity contribution in [2.75, 3.05) is 38.1 Å². The van der Waals surface area contributed by atoms with Crippen LogP contribution in [-0.4, -0.2) is 64.6 Å². The second kappa shape index (κ2) is 11.0. The summed E-state index contributed by atoms with van der Waals surface area (Å²) in [5, 5.41) is 5.01. The highest BCUT2D eigenvalue weighted by atomic mass is 19.1. The number of pyridine rings is 1. The normalized spacial score (nSPS) is 19.2. The molecule has 0 unspecified atom stereocenters. The molecule has 3 aromatic carbocycles. The molecule has 2 saturated heterocycles. The van der Waals surface area contributed by atoms with Gasteiger partial charge < -0.3 is 24.4 Å². The van der Waals surface area contributed by atoms with E-state index >= 15 is 4.39 Å². The number of nitrogens with zero attached hydrogens (tertiary/aromatic N) is 5. The van der Waals surface area contributed by atoms with E-state index < -0.39 is 17.2 Å². The summed E-state index contributed by atoms with van der Waals surface area (Å²) in [5.41, 5.74) is 1.76. The molecule has 5 aromatic rings. The second-order valence-electron chi connectivity index (χ2n) is 12.3. The largest absolute Gasteiger partial charge is 0.451 e. The van der Waals surface area contributed by atoms with E-state index in [4.69, 9.17) is 4.74 Å². The highest BCUT2D eigenvalue weighted by Gasteiger charge is 2.34. The molecule has 2 fully saturated rings. The maximum absolute atomic E-state index is 16.3. The number of anilines is 1. The third-order valence-corrected chi connectivity index (χ3v) is 9.65. The maximum atomic E-state index is 16.3. The molecule has 8 rings (SSSR count). The van der Waals surface area contributed by atoms with Crippen molar-refractivity contribution < 1.29 is 13.9 Å². The summed E-state index contributed by atoms with van der Waals surface area (Å²) in [6.45, 7) is 2.63. The molecule has 0 radical (unpaired) electrons. The molecule has 0 spiro atoms. The summed E-state index contributed by atoms with van der Waals surface area (Å²) < 4.78 is 24.6. The minimum Gasteiger partial charge on any atom is -0.451 e. The lowest BCUT2D eigenvalue weighted by Crippen LogP contribution is -2.34. The standard InChI is InChI=1S/C35H33FN6O3/c1-40-13-4-7-24(40)8-10-39-35(44)26-20-42-29-15-21-5-2-3-6-22(21)16-30(29)45-34-31(42)25(33(26)43)17-27(36)32(34)41-14-9-23(19-41)28-18-37-11-12-38-28/h2-3,5-6,11-12,15-18,20,23-24H,4,7-10,13-14,19H2,1H3,(H,39,44)/t23-,24+/m1/s1. The fourth-order valence-corrected chi connectivity index (χ4v) is 7.26. The zero-order valence-electron chi connectivity index (χ0n) is 25.0. The van der Waals surface area contributed by atoms with Crippen molar-refractivity contribution in [1.82, 2.24) is 24.8 Å². The number of likely N-dealkylation sites (tertiary alicyclic amines) is 1. The smallest absolute Gasteiger partial charge is 0.256 e. The van der Waals surface area contributed by atoms with E-state index in [0.29, 0.717) is 48.3 Å². The summed E-state index contributed by atoms with van der Waals surface area (Å²) in [6.07, 6.45) is 10.5. The Bertz CT molecular complexity index is 2030. The molecule has 1 amide bonds. The topological polar surface area (TPSA) is 92.6 Å². The van der Waals surface area contributed by atoms with Crippen LogP contribution in [0.15, 0.2) is 72.0 Å². The average molecular weight is 605 g/mol. The third kappa shape index (κ3) is 4.71. The van der Waals surface area contributed by atoms with Crippen LogP contribution in [0.5, 0.6) is 11.5 Å². The van der Waals surface area contributed by atoms with Gasteiger partial charge in [0.15, 0.2) is 17.3 Å². The minimum atomic E-state index is -0.563. The molecule has 228 valence electrons. The Labute approximate surface area is 259 Å². The zero-order chi connectivity index (χ0) is 30.7. The molecule has 3 aliphatic rings. The summed E-state index contributed by atoms with van der Waals surface area (Å²) in [5.74, 6) is -0.137. The van der Waals surface area contributed by atoms with Gasteiger partial charge in [-0.1, -0.05) is 24.3 Å². The fourth-order valence-electron chi connectivity index (χ4n) is 7.26. The monoisotopic (exact) mass is 604 g/mol. The average Bonchev–Trinajstić information content (AvgIpc) is 3.71. The Morgan fingerprint density at radius 3 is 2.73 bits per heavy atom. The molecule has 3 aliphatic heterocycles. The molecule has 0 saturated carbocycles. The van der Waals surface area contributed by atoms with Crippen LogP contribution in [0.3, 0.4) is 0 Å². The van der Waals surface area contributed by atoms with E-state index in [0.717, 1.165) is 48.7 Å². The van der Waals surface area contributed by atoms with E-state index in [1.165, 1.54) is 6.07 Å². The predicted octanol–water partition coefficient (Wildman–Crippen LogP) is 5.39. The first-order valence-corrected chi connectivity index (χ1v) is 15.6. The lowest BCUT2D eigenvalue weighted by Gasteiger charge is -2.29. The van der Waals surface area contributed by atoms with Crippen LogP contribution < -0.4 is 20.4 Å². The first kappa shape index (κ1) is 27.7. The lowest BCUT2D eigenvalue weighted by atomic mass is 10.0. The first-order valence-electron chi connectivity index (χ1n) is 15.6. The number of aromatic nitrogens is 3. The number of rotatable bonds is 6. The number of benzene rings is 3. The Morgan fingerprint density at radius 1 is 1.11 bits per heavy atom. The Kier molecular flexibility index (Phi) is 6.74. The predicted molar refractivity (Wildman–Crippen MR) is 171 cm³/mol. The van der Waals surface area contributed by atoms with Crippen LogP contribution in [0.2, 0.25) is 0 Å². The number of nitrogens with one attached hydrogen (secondary N) is 1. The van der Waals surface area contributed by atoms with Crippen LogP contribution >= 0.6 is 0 Å². The second-order valence-corrected chi connectivity index (χ2v) is 12.3. The van der Waals surface area contributed by atoms with Crippen molar-refractivity contribution in [2.45, 2.75) is 37.6 Å². The van der Waals surface area contributed by atoms with Crippen LogP contribution in [0.1, 0.15) is 47.7 Å². The van der Waals surface area contributed by atoms with Crippen molar-refractivity contribution in [3.63, 3.8) is 0 Å². The molecule has 2 atom stereocenters. The van der Waals surface area contributed by atoms with Gasteiger partial charge in [-0.15, -0.1) is 0 Å². The summed E-state index contributed by atoms with van der Waals surface area (Å²) >= 11 is 0. The van der Waals surface area contributed by atoms with Crippen molar-refractivity contribution in [3.8, 4) is 17.2 Å². The van der Waals surface area contributed by atoms with Crippen LogP contribution in [0.4, 0.5) is 10.1 Å². The molecule has 45 heavy (non-hydrogen) atoms. The van der Waals surface area contributed by atoms with E-state index in [-0.39, 0.29) is 22.6 Å². The van der Waals surface area contributed by atoms with Gasteiger partial charge in [-0.3, -0.25) is 19.6 Å². The highest BCUT2D eigenvalue weighted by Crippen LogP contribution is 2.48. The third-order valence-electron chi connectivity index (χ3n) is 9.65. The Balaban J connectivity index is 1.24. The van der Waals surface area contributed by atoms with Gasteiger partial charge in [-0.25, -0.2) is 4.39 Å². The molecular weight excluding hydrogens is 571 g/mol. The summed E-state index contributed by atoms with van der Waals surface area (Å²) in [4.78, 5) is 40.4. The number of halogens is 1. The summed E-state index contributed by atoms with van der Waals surface area (Å²) in [6, 6.07) is 13.5. The number of fused-ring (bicyclic) bond motifs is 3. The fraction of sp³-hybridized carbons (Fsp3) is 0.314. The Hall–Kier alpha value is -4.83. The zero-order valence-corrected chi connectivity index (χ0v) is 25.0. The van der Waals surface area contributed by atoms with Crippen molar-refractivity contribution in [3.05, 3.63) is 94.5 Å². The molecular formula is C35H33FN6O3. The van der Waals surface area contributed by atoms with Crippen molar-refractivity contribution in [2.24, 2.45) is 0 Å². The number of carbonyl (C=O) groups is 1. The SMILES string of the molecule is CN1CCC[C@H]1CCNC(=O)c1cn2c3c(c(N4CC[C@@H](c5cnccn5)C4)c(F)cc3c1=O)Oc1cc3ccccc3cc1-2. The van der Waals surface area contributed by atoms with Crippen molar-refractivity contribution in [1.29, 1.82) is 0 Å². The number of amides is 1. The number of hydrogen-bond acceptors (Lipinski definition) is 7. The van der Waals surface area contributed by atoms with Gasteiger partial charge >= 0.3 is 0 Å². The lowest BCUT2D eigenvalue weighted by molar-refractivity contribution is 0.0949. The van der Waals surface area contributed by atoms with Crippen molar-refractivity contribution >= 4 is 33.3 Å². The van der Waals surface area contributed by atoms with E-state index in [1.54, 1.807) is 24.8 Å². The van der Waals surface area contributed by atoms with Gasteiger partial charge in [0.25, 0.3) is 5.91 Å². The van der Waals surface area contributed by atoms with Crippen LogP contribution in [-0.2, 0) is 0 Å². The van der Waals surface area contributed by atoms with E-state index in [1.807, 2.05) is 45.9 Å². The molecule has 0 aliphatic carbocycles. The molecule has 1 N–H and O–H groups in total. The highest BCUT2D eigenvalue weighted by molar-refractivity contribution is 6.02. The molecule has 2 aromatic heterocycles. The number of hydrogen-bond donors (Lipinski definition) is 1. The molecule has 10 heteroatoms. The molecule has 0 bridgehead atoms. The van der Waals surface area contributed by atoms with Gasteiger partial charge in [0.05, 0.1) is 16.8 Å². The maximum Gasteiger partial charge on any atom is 0.256 e. The van der Waals surface area contributed by atoms with Gasteiger partial charge in [-0.2, -0.15) is 0 Å². The number of carbonyl (C=O) groups excluding carboxylic acids is 1. The quantitative estimate of drug-likeness (QED) is 0.273. The number of ether oxygens (including phenoxy) is 1. The van der Waals surface area contributed by atoms with Crippen LogP contribution in [0, 0.1) is 5.82 Å². The Morgan fingerprint density at radius 2 is 1.96 bits per heavy atom. The van der Waals surface area contributed by atoms with E-state index in [9.17, 15) is 9.59 Å². The molecule has 5 heterocycles. The van der Waals surface area contributed by atoms with Gasteiger partial charge in [0.2, 0.25) is 5.43 Å². The van der Waals surface area contributed by atoms with Crippen LogP contribution in [0.25, 0.3) is 27.4 Å². The first-order chi connectivity index (χ1) is 22.0. The molecule has 9 nitrogen and oxygen atoms in total. The van der Waals surface area contributed by atoms with Gasteiger partial charge in [0.1, 0.15) is 16.8 Å². The van der Waals surface area contributed by atoms with Gasteiger partial charge in [-0.05, 0) is 68.2 Å². The van der Waals surface area contributed by atoms with Gasteiger partial charge in [0, 0.05) is 56.4 Å². The van der Waals surface area contributed by atoms with E-state index in [2.05, 4.69) is 27.2 Å². The minimum absolute atomic E-state index is 0.0229. The summed E-state index contributed by atoms with van der Waals surface area (Å²) in [7, 11) is 2.10.